The lowest BCUT2D eigenvalue weighted by Gasteiger charge is -2.10. The van der Waals surface area contributed by atoms with Crippen LogP contribution in [0.2, 0.25) is 0 Å². The molecule has 1 aromatic heterocycles. The average Bonchev–Trinajstić information content (AvgIpc) is 2.69. The van der Waals surface area contributed by atoms with Crippen molar-refractivity contribution in [1.29, 1.82) is 0 Å². The number of carbonyl (C=O) groups excluding carboxylic acids is 1. The first-order valence-corrected chi connectivity index (χ1v) is 5.87. The summed E-state index contributed by atoms with van der Waals surface area (Å²) in [6.45, 7) is 4.82. The molecule has 0 aromatic carbocycles. The molecule has 1 atom stereocenters. The van der Waals surface area contributed by atoms with Crippen LogP contribution < -0.4 is 11.1 Å². The maximum absolute atomic E-state index is 11.8. The van der Waals surface area contributed by atoms with E-state index in [9.17, 15) is 9.90 Å². The smallest absolute Gasteiger partial charge is 0.271 e. The first kappa shape index (κ1) is 13.5. The molecule has 1 amide bonds. The number of rotatable bonds is 6. The second-order valence-electron chi connectivity index (χ2n) is 3.87. The minimum Gasteiger partial charge on any atom is -0.396 e. The van der Waals surface area contributed by atoms with Gasteiger partial charge in [0.15, 0.2) is 0 Å². The molecule has 6 nitrogen and oxygen atoms in total. The number of carbonyl (C=O) groups is 1. The van der Waals surface area contributed by atoms with E-state index in [1.807, 2.05) is 13.8 Å². The molecule has 0 fully saturated rings. The molecule has 1 heterocycles. The number of hydrogen-bond donors (Lipinski definition) is 3. The van der Waals surface area contributed by atoms with Gasteiger partial charge in [0.1, 0.15) is 5.69 Å². The third kappa shape index (κ3) is 3.45. The Morgan fingerprint density at radius 2 is 2.35 bits per heavy atom. The number of aromatic nitrogens is 2. The Kier molecular flexibility index (Phi) is 4.96. The predicted octanol–water partition coefficient (Wildman–Crippen LogP) is 0.376. The molecular formula is C11H20N4O2. The van der Waals surface area contributed by atoms with Crippen molar-refractivity contribution in [3.8, 4) is 0 Å². The Morgan fingerprint density at radius 3 is 2.94 bits per heavy atom. The van der Waals surface area contributed by atoms with Gasteiger partial charge in [-0.15, -0.1) is 0 Å². The first-order chi connectivity index (χ1) is 8.10. The Labute approximate surface area is 101 Å². The number of aliphatic hydroxyl groups is 1. The normalized spacial score (nSPS) is 12.4. The summed E-state index contributed by atoms with van der Waals surface area (Å²) in [6, 6.07) is 0. The van der Waals surface area contributed by atoms with Gasteiger partial charge in [-0.05, 0) is 19.8 Å². The van der Waals surface area contributed by atoms with Gasteiger partial charge in [0, 0.05) is 13.1 Å². The molecule has 96 valence electrons. The highest BCUT2D eigenvalue weighted by molar-refractivity contribution is 5.97. The van der Waals surface area contributed by atoms with Crippen molar-refractivity contribution in [1.82, 2.24) is 15.1 Å². The number of anilines is 1. The molecule has 1 aromatic rings. The predicted molar refractivity (Wildman–Crippen MR) is 65.6 cm³/mol. The van der Waals surface area contributed by atoms with Gasteiger partial charge < -0.3 is 16.2 Å². The van der Waals surface area contributed by atoms with Crippen LogP contribution >= 0.6 is 0 Å². The van der Waals surface area contributed by atoms with Crippen molar-refractivity contribution in [3.05, 3.63) is 11.9 Å². The molecular weight excluding hydrogens is 220 g/mol. The molecule has 1 unspecified atom stereocenters. The minimum atomic E-state index is -0.372. The monoisotopic (exact) mass is 240 g/mol. The van der Waals surface area contributed by atoms with Crippen LogP contribution in [0.5, 0.6) is 0 Å². The lowest BCUT2D eigenvalue weighted by atomic mass is 10.2. The lowest BCUT2D eigenvalue weighted by Crippen LogP contribution is -2.29. The molecule has 0 aliphatic rings. The second kappa shape index (κ2) is 6.24. The molecule has 0 saturated carbocycles. The minimum absolute atomic E-state index is 0.245. The quantitative estimate of drug-likeness (QED) is 0.670. The number of nitrogen functional groups attached to an aromatic ring is 1. The third-order valence-corrected chi connectivity index (χ3v) is 2.62. The molecule has 0 spiro atoms. The standard InChI is InChI=1S/C11H20N4O2/c1-3-8(16)5-6-13-11(17)10-9(12)7-14-15(10)4-2/h7-8,16H,3-6,12H2,1-2H3,(H,13,17). The van der Waals surface area contributed by atoms with Gasteiger partial charge in [0.25, 0.3) is 5.91 Å². The molecule has 0 radical (unpaired) electrons. The van der Waals surface area contributed by atoms with Crippen LogP contribution in [-0.2, 0) is 6.54 Å². The van der Waals surface area contributed by atoms with Crippen LogP contribution in [-0.4, -0.2) is 33.4 Å². The van der Waals surface area contributed by atoms with Gasteiger partial charge in [-0.25, -0.2) is 0 Å². The van der Waals surface area contributed by atoms with E-state index in [0.29, 0.717) is 37.3 Å². The SMILES string of the molecule is CCC(O)CCNC(=O)c1c(N)cnn1CC. The van der Waals surface area contributed by atoms with Crippen molar-refractivity contribution in [2.45, 2.75) is 39.3 Å². The molecule has 0 aliphatic heterocycles. The van der Waals surface area contributed by atoms with Crippen LogP contribution in [0.4, 0.5) is 5.69 Å². The summed E-state index contributed by atoms with van der Waals surface area (Å²) in [4.78, 5) is 11.8. The zero-order valence-electron chi connectivity index (χ0n) is 10.3. The topological polar surface area (TPSA) is 93.2 Å². The second-order valence-corrected chi connectivity index (χ2v) is 3.87. The highest BCUT2D eigenvalue weighted by atomic mass is 16.3. The highest BCUT2D eigenvalue weighted by Gasteiger charge is 2.15. The van der Waals surface area contributed by atoms with Gasteiger partial charge in [0.2, 0.25) is 0 Å². The van der Waals surface area contributed by atoms with E-state index >= 15 is 0 Å². The Hall–Kier alpha value is -1.56. The molecule has 4 N–H and O–H groups in total. The van der Waals surface area contributed by atoms with Gasteiger partial charge >= 0.3 is 0 Å². The van der Waals surface area contributed by atoms with Gasteiger partial charge in [0.05, 0.1) is 18.0 Å². The largest absolute Gasteiger partial charge is 0.396 e. The van der Waals surface area contributed by atoms with Crippen LogP contribution in [0.1, 0.15) is 37.2 Å². The summed E-state index contributed by atoms with van der Waals surface area (Å²) in [5.74, 6) is -0.245. The van der Waals surface area contributed by atoms with Gasteiger partial charge in [-0.3, -0.25) is 9.48 Å². The van der Waals surface area contributed by atoms with Crippen LogP contribution in [0.15, 0.2) is 6.20 Å². The molecule has 6 heteroatoms. The van der Waals surface area contributed by atoms with E-state index in [2.05, 4.69) is 10.4 Å². The summed E-state index contributed by atoms with van der Waals surface area (Å²) >= 11 is 0. The number of amides is 1. The van der Waals surface area contributed by atoms with Gasteiger partial charge in [-0.2, -0.15) is 5.10 Å². The van der Waals surface area contributed by atoms with E-state index in [0.717, 1.165) is 0 Å². The van der Waals surface area contributed by atoms with Crippen molar-refractivity contribution < 1.29 is 9.90 Å². The number of hydrogen-bond acceptors (Lipinski definition) is 4. The maximum Gasteiger partial charge on any atom is 0.271 e. The summed E-state index contributed by atoms with van der Waals surface area (Å²) in [5, 5.41) is 16.1. The van der Waals surface area contributed by atoms with E-state index in [1.54, 1.807) is 4.68 Å². The number of aliphatic hydroxyl groups excluding tert-OH is 1. The van der Waals surface area contributed by atoms with E-state index in [-0.39, 0.29) is 12.0 Å². The van der Waals surface area contributed by atoms with Crippen molar-refractivity contribution in [2.75, 3.05) is 12.3 Å². The van der Waals surface area contributed by atoms with Crippen molar-refractivity contribution >= 4 is 11.6 Å². The van der Waals surface area contributed by atoms with Crippen molar-refractivity contribution in [2.24, 2.45) is 0 Å². The molecule has 0 bridgehead atoms. The van der Waals surface area contributed by atoms with Gasteiger partial charge in [-0.1, -0.05) is 6.92 Å². The third-order valence-electron chi connectivity index (χ3n) is 2.62. The highest BCUT2D eigenvalue weighted by Crippen LogP contribution is 2.10. The van der Waals surface area contributed by atoms with E-state index < -0.39 is 0 Å². The Morgan fingerprint density at radius 1 is 1.65 bits per heavy atom. The summed E-state index contributed by atoms with van der Waals surface area (Å²) < 4.78 is 1.56. The van der Waals surface area contributed by atoms with E-state index in [4.69, 9.17) is 5.73 Å². The zero-order chi connectivity index (χ0) is 12.8. The summed E-state index contributed by atoms with van der Waals surface area (Å²) in [6.07, 6.45) is 2.33. The lowest BCUT2D eigenvalue weighted by molar-refractivity contribution is 0.0932. The number of aryl methyl sites for hydroxylation is 1. The van der Waals surface area contributed by atoms with Crippen LogP contribution in [0, 0.1) is 0 Å². The summed E-state index contributed by atoms with van der Waals surface area (Å²) in [7, 11) is 0. The molecule has 17 heavy (non-hydrogen) atoms. The number of nitrogens with zero attached hydrogens (tertiary/aromatic N) is 2. The molecule has 1 rings (SSSR count). The number of nitrogens with two attached hydrogens (primary N) is 1. The first-order valence-electron chi connectivity index (χ1n) is 5.87. The zero-order valence-corrected chi connectivity index (χ0v) is 10.3. The van der Waals surface area contributed by atoms with Crippen molar-refractivity contribution in [3.63, 3.8) is 0 Å². The fourth-order valence-corrected chi connectivity index (χ4v) is 1.53. The maximum atomic E-state index is 11.8. The fourth-order valence-electron chi connectivity index (χ4n) is 1.53. The van der Waals surface area contributed by atoms with Crippen LogP contribution in [0.3, 0.4) is 0 Å². The molecule has 0 saturated heterocycles. The fraction of sp³-hybridized carbons (Fsp3) is 0.636. The average molecular weight is 240 g/mol. The summed E-state index contributed by atoms with van der Waals surface area (Å²) in [5.41, 5.74) is 6.44. The molecule has 0 aliphatic carbocycles. The Balaban J connectivity index is 2.55. The van der Waals surface area contributed by atoms with E-state index in [1.165, 1.54) is 6.20 Å². The number of nitrogens with one attached hydrogen (secondary N) is 1. The Bertz CT molecular complexity index is 376. The van der Waals surface area contributed by atoms with Crippen LogP contribution in [0.25, 0.3) is 0 Å².